The molecule has 1 amide bonds. The van der Waals surface area contributed by atoms with E-state index < -0.39 is 0 Å². The number of carbonyl (C=O) groups excluding carboxylic acids is 1. The normalized spacial score (nSPS) is 27.3. The molecular formula is C15H28N2OS. The lowest BCUT2D eigenvalue weighted by Crippen LogP contribution is -2.49. The molecule has 0 radical (unpaired) electrons. The number of hydrogen-bond donors (Lipinski definition) is 1. The van der Waals surface area contributed by atoms with E-state index in [1.54, 1.807) is 0 Å². The molecule has 1 saturated heterocycles. The SMILES string of the molecule is CCC1CN(C(=O)C(N)CC2CCCCC2)CCS1. The van der Waals surface area contributed by atoms with E-state index in [2.05, 4.69) is 6.92 Å². The first-order valence-electron chi connectivity index (χ1n) is 7.86. The minimum absolute atomic E-state index is 0.198. The summed E-state index contributed by atoms with van der Waals surface area (Å²) < 4.78 is 0. The van der Waals surface area contributed by atoms with Crippen LogP contribution in [0.1, 0.15) is 51.9 Å². The molecule has 2 N–H and O–H groups in total. The van der Waals surface area contributed by atoms with Crippen LogP contribution in [0.3, 0.4) is 0 Å². The van der Waals surface area contributed by atoms with Gasteiger partial charge < -0.3 is 10.6 Å². The van der Waals surface area contributed by atoms with Crippen molar-refractivity contribution in [1.82, 2.24) is 4.90 Å². The third kappa shape index (κ3) is 4.38. The largest absolute Gasteiger partial charge is 0.339 e. The highest BCUT2D eigenvalue weighted by molar-refractivity contribution is 8.00. The van der Waals surface area contributed by atoms with Crippen LogP contribution in [0.25, 0.3) is 0 Å². The molecule has 1 heterocycles. The topological polar surface area (TPSA) is 46.3 Å². The Morgan fingerprint density at radius 3 is 2.79 bits per heavy atom. The summed E-state index contributed by atoms with van der Waals surface area (Å²) in [6.07, 6.45) is 8.60. The molecule has 1 saturated carbocycles. The van der Waals surface area contributed by atoms with E-state index in [4.69, 9.17) is 5.73 Å². The van der Waals surface area contributed by atoms with Gasteiger partial charge in [0.25, 0.3) is 0 Å². The first-order valence-corrected chi connectivity index (χ1v) is 8.91. The number of hydrogen-bond acceptors (Lipinski definition) is 3. The molecule has 0 aromatic rings. The van der Waals surface area contributed by atoms with Crippen LogP contribution in [0.15, 0.2) is 0 Å². The van der Waals surface area contributed by atoms with Crippen molar-refractivity contribution in [3.8, 4) is 0 Å². The van der Waals surface area contributed by atoms with E-state index in [1.807, 2.05) is 16.7 Å². The maximum Gasteiger partial charge on any atom is 0.239 e. The number of nitrogens with two attached hydrogens (primary N) is 1. The Balaban J connectivity index is 1.80. The minimum Gasteiger partial charge on any atom is -0.339 e. The predicted molar refractivity (Wildman–Crippen MR) is 82.3 cm³/mol. The van der Waals surface area contributed by atoms with Crippen molar-refractivity contribution in [2.75, 3.05) is 18.8 Å². The van der Waals surface area contributed by atoms with Gasteiger partial charge in [-0.15, -0.1) is 0 Å². The molecule has 1 aliphatic carbocycles. The van der Waals surface area contributed by atoms with Crippen LogP contribution in [-0.2, 0) is 4.79 Å². The average Bonchev–Trinajstić information content (AvgIpc) is 2.47. The van der Waals surface area contributed by atoms with Gasteiger partial charge in [-0.2, -0.15) is 11.8 Å². The molecule has 2 rings (SSSR count). The summed E-state index contributed by atoms with van der Waals surface area (Å²) >= 11 is 2.00. The van der Waals surface area contributed by atoms with Crippen LogP contribution in [0.5, 0.6) is 0 Å². The van der Waals surface area contributed by atoms with Crippen molar-refractivity contribution in [3.05, 3.63) is 0 Å². The molecule has 2 aliphatic rings. The molecule has 2 fully saturated rings. The van der Waals surface area contributed by atoms with Crippen molar-refractivity contribution in [2.45, 2.75) is 63.2 Å². The lowest BCUT2D eigenvalue weighted by molar-refractivity contribution is -0.133. The Labute approximate surface area is 121 Å². The second kappa shape index (κ2) is 7.53. The van der Waals surface area contributed by atoms with Crippen LogP contribution < -0.4 is 5.73 Å². The fraction of sp³-hybridized carbons (Fsp3) is 0.933. The van der Waals surface area contributed by atoms with E-state index in [0.717, 1.165) is 31.7 Å². The van der Waals surface area contributed by atoms with Crippen LogP contribution >= 0.6 is 11.8 Å². The summed E-state index contributed by atoms with van der Waals surface area (Å²) in [4.78, 5) is 14.4. The van der Waals surface area contributed by atoms with Gasteiger partial charge in [0.2, 0.25) is 5.91 Å². The monoisotopic (exact) mass is 284 g/mol. The molecule has 19 heavy (non-hydrogen) atoms. The molecule has 4 heteroatoms. The Hall–Kier alpha value is -0.220. The average molecular weight is 284 g/mol. The molecular weight excluding hydrogens is 256 g/mol. The highest BCUT2D eigenvalue weighted by Gasteiger charge is 2.28. The lowest BCUT2D eigenvalue weighted by Gasteiger charge is -2.34. The Kier molecular flexibility index (Phi) is 6.02. The number of carbonyl (C=O) groups is 1. The zero-order chi connectivity index (χ0) is 13.7. The van der Waals surface area contributed by atoms with E-state index >= 15 is 0 Å². The zero-order valence-corrected chi connectivity index (χ0v) is 13.0. The predicted octanol–water partition coefficient (Wildman–Crippen LogP) is 2.64. The molecule has 0 bridgehead atoms. The minimum atomic E-state index is -0.260. The lowest BCUT2D eigenvalue weighted by atomic mass is 9.85. The fourth-order valence-corrected chi connectivity index (χ4v) is 4.46. The third-order valence-electron chi connectivity index (χ3n) is 4.54. The van der Waals surface area contributed by atoms with Crippen molar-refractivity contribution >= 4 is 17.7 Å². The van der Waals surface area contributed by atoms with Crippen LogP contribution in [-0.4, -0.2) is 40.9 Å². The number of thioether (sulfide) groups is 1. The van der Waals surface area contributed by atoms with Crippen molar-refractivity contribution < 1.29 is 4.79 Å². The molecule has 3 nitrogen and oxygen atoms in total. The number of nitrogens with zero attached hydrogens (tertiary/aromatic N) is 1. The van der Waals surface area contributed by atoms with Gasteiger partial charge in [-0.3, -0.25) is 4.79 Å². The second-order valence-electron chi connectivity index (χ2n) is 6.03. The Morgan fingerprint density at radius 1 is 1.37 bits per heavy atom. The van der Waals surface area contributed by atoms with Gasteiger partial charge >= 0.3 is 0 Å². The number of amides is 1. The van der Waals surface area contributed by atoms with E-state index in [-0.39, 0.29) is 11.9 Å². The van der Waals surface area contributed by atoms with Gasteiger partial charge in [-0.05, 0) is 18.8 Å². The summed E-state index contributed by atoms with van der Waals surface area (Å²) in [5.74, 6) is 1.96. The van der Waals surface area contributed by atoms with E-state index in [0.29, 0.717) is 11.2 Å². The van der Waals surface area contributed by atoms with Crippen molar-refractivity contribution in [3.63, 3.8) is 0 Å². The first kappa shape index (κ1) is 15.2. The summed E-state index contributed by atoms with van der Waals surface area (Å²) in [7, 11) is 0. The van der Waals surface area contributed by atoms with Crippen molar-refractivity contribution in [2.24, 2.45) is 11.7 Å². The summed E-state index contributed by atoms with van der Waals surface area (Å²) in [5.41, 5.74) is 6.17. The standard InChI is InChI=1S/C15H28N2OS/c1-2-13-11-17(8-9-19-13)15(18)14(16)10-12-6-4-3-5-7-12/h12-14H,2-11,16H2,1H3. The number of rotatable bonds is 4. The van der Waals surface area contributed by atoms with E-state index in [9.17, 15) is 4.79 Å². The summed E-state index contributed by atoms with van der Waals surface area (Å²) in [6.45, 7) is 3.99. The highest BCUT2D eigenvalue weighted by atomic mass is 32.2. The zero-order valence-electron chi connectivity index (χ0n) is 12.1. The van der Waals surface area contributed by atoms with Crippen LogP contribution in [0.4, 0.5) is 0 Å². The Bertz CT molecular complexity index is 292. The molecule has 110 valence electrons. The van der Waals surface area contributed by atoms with Crippen LogP contribution in [0.2, 0.25) is 0 Å². The van der Waals surface area contributed by atoms with Gasteiger partial charge in [0, 0.05) is 24.1 Å². The van der Waals surface area contributed by atoms with Crippen molar-refractivity contribution in [1.29, 1.82) is 0 Å². The molecule has 0 spiro atoms. The van der Waals surface area contributed by atoms with E-state index in [1.165, 1.54) is 32.1 Å². The Morgan fingerprint density at radius 2 is 2.11 bits per heavy atom. The van der Waals surface area contributed by atoms with Gasteiger partial charge in [0.1, 0.15) is 0 Å². The fourth-order valence-electron chi connectivity index (χ4n) is 3.28. The summed E-state index contributed by atoms with van der Waals surface area (Å²) in [5, 5.41) is 0.611. The molecule has 1 aliphatic heterocycles. The third-order valence-corrected chi connectivity index (χ3v) is 5.91. The maximum atomic E-state index is 12.4. The molecule has 0 aromatic heterocycles. The van der Waals surface area contributed by atoms with Gasteiger partial charge in [-0.25, -0.2) is 0 Å². The van der Waals surface area contributed by atoms with Gasteiger partial charge in [0.15, 0.2) is 0 Å². The molecule has 2 unspecified atom stereocenters. The quantitative estimate of drug-likeness (QED) is 0.863. The first-order chi connectivity index (χ1) is 9.20. The molecule has 0 aromatic carbocycles. The van der Waals surface area contributed by atoms with Gasteiger partial charge in [0.05, 0.1) is 6.04 Å². The van der Waals surface area contributed by atoms with Crippen LogP contribution in [0, 0.1) is 5.92 Å². The second-order valence-corrected chi connectivity index (χ2v) is 7.44. The summed E-state index contributed by atoms with van der Waals surface area (Å²) in [6, 6.07) is -0.260. The smallest absolute Gasteiger partial charge is 0.239 e. The molecule has 2 atom stereocenters. The van der Waals surface area contributed by atoms with Gasteiger partial charge in [-0.1, -0.05) is 39.0 Å². The highest BCUT2D eigenvalue weighted by Crippen LogP contribution is 2.28. The maximum absolute atomic E-state index is 12.4.